The van der Waals surface area contributed by atoms with Crippen LogP contribution in [0.15, 0.2) is 158 Å². The lowest BCUT2D eigenvalue weighted by Gasteiger charge is -2.12. The Labute approximate surface area is 233 Å². The Kier molecular flexibility index (Phi) is 5.24. The molecule has 0 nitrogen and oxygen atoms in total. The van der Waals surface area contributed by atoms with Gasteiger partial charge in [0, 0.05) is 0 Å². The summed E-state index contributed by atoms with van der Waals surface area (Å²) in [7, 11) is 0. The molecule has 0 fully saturated rings. The second kappa shape index (κ2) is 9.22. The summed E-state index contributed by atoms with van der Waals surface area (Å²) in [5.74, 6) is 0. The van der Waals surface area contributed by atoms with Crippen molar-refractivity contribution < 1.29 is 0 Å². The molecule has 0 amide bonds. The first-order valence-corrected chi connectivity index (χ1v) is 13.8. The van der Waals surface area contributed by atoms with Crippen molar-refractivity contribution in [3.05, 3.63) is 158 Å². The summed E-state index contributed by atoms with van der Waals surface area (Å²) >= 11 is 0. The molecule has 0 spiro atoms. The van der Waals surface area contributed by atoms with E-state index >= 15 is 0 Å². The van der Waals surface area contributed by atoms with E-state index < -0.39 is 0 Å². The van der Waals surface area contributed by atoms with E-state index in [9.17, 15) is 0 Å². The summed E-state index contributed by atoms with van der Waals surface area (Å²) in [5.41, 5.74) is 7.51. The molecule has 8 rings (SSSR count). The maximum Gasteiger partial charge on any atom is -0.00988 e. The Morgan fingerprint density at radius 3 is 1.45 bits per heavy atom. The second-order valence-corrected chi connectivity index (χ2v) is 10.6. The zero-order valence-corrected chi connectivity index (χ0v) is 22.0. The minimum Gasteiger partial charge on any atom is -0.0622 e. The van der Waals surface area contributed by atoms with Gasteiger partial charge in [0.25, 0.3) is 0 Å². The maximum atomic E-state index is 2.34. The fourth-order valence-corrected chi connectivity index (χ4v) is 6.12. The zero-order valence-electron chi connectivity index (χ0n) is 22.0. The van der Waals surface area contributed by atoms with Crippen molar-refractivity contribution in [3.8, 4) is 33.4 Å². The highest BCUT2D eigenvalue weighted by Crippen LogP contribution is 2.37. The summed E-state index contributed by atoms with van der Waals surface area (Å²) in [5, 5.41) is 10.2. The van der Waals surface area contributed by atoms with E-state index in [4.69, 9.17) is 0 Å². The van der Waals surface area contributed by atoms with Crippen molar-refractivity contribution in [2.24, 2.45) is 0 Å². The van der Waals surface area contributed by atoms with Crippen molar-refractivity contribution in [2.75, 3.05) is 0 Å². The normalized spacial score (nSPS) is 11.5. The van der Waals surface area contributed by atoms with Crippen molar-refractivity contribution in [1.82, 2.24) is 0 Å². The third-order valence-corrected chi connectivity index (χ3v) is 8.20. The molecule has 0 aliphatic heterocycles. The highest BCUT2D eigenvalue weighted by atomic mass is 14.1. The number of rotatable bonds is 3. The number of benzene rings is 8. The van der Waals surface area contributed by atoms with E-state index in [2.05, 4.69) is 158 Å². The van der Waals surface area contributed by atoms with Gasteiger partial charge in [0.05, 0.1) is 0 Å². The lowest BCUT2D eigenvalue weighted by Crippen LogP contribution is -1.86. The lowest BCUT2D eigenvalue weighted by atomic mass is 9.91. The third-order valence-electron chi connectivity index (χ3n) is 8.20. The van der Waals surface area contributed by atoms with Crippen LogP contribution in [0, 0.1) is 0 Å². The molecule has 0 heteroatoms. The Morgan fingerprint density at radius 1 is 0.225 bits per heavy atom. The lowest BCUT2D eigenvalue weighted by molar-refractivity contribution is 1.63. The van der Waals surface area contributed by atoms with Crippen LogP contribution in [0.2, 0.25) is 0 Å². The first-order valence-electron chi connectivity index (χ1n) is 13.8. The Hall–Kier alpha value is -5.20. The molecular weight excluding hydrogens is 480 g/mol. The highest BCUT2D eigenvalue weighted by molar-refractivity contribution is 6.14. The summed E-state index contributed by atoms with van der Waals surface area (Å²) in [6, 6.07) is 57.6. The molecular formula is C40H26. The van der Waals surface area contributed by atoms with E-state index in [0.29, 0.717) is 0 Å². The fourth-order valence-electron chi connectivity index (χ4n) is 6.12. The van der Waals surface area contributed by atoms with Crippen molar-refractivity contribution in [3.63, 3.8) is 0 Å². The van der Waals surface area contributed by atoms with Crippen LogP contribution < -0.4 is 0 Å². The van der Waals surface area contributed by atoms with E-state index in [-0.39, 0.29) is 0 Å². The molecule has 186 valence electrons. The smallest absolute Gasteiger partial charge is 0.00988 e. The quantitative estimate of drug-likeness (QED) is 0.209. The van der Waals surface area contributed by atoms with Gasteiger partial charge in [-0.15, -0.1) is 0 Å². The van der Waals surface area contributed by atoms with Gasteiger partial charge < -0.3 is 0 Å². The minimum absolute atomic E-state index is 1.24. The maximum absolute atomic E-state index is 2.34. The van der Waals surface area contributed by atoms with Crippen molar-refractivity contribution >= 4 is 43.1 Å². The first kappa shape index (κ1) is 22.8. The largest absolute Gasteiger partial charge is 0.0622 e. The Morgan fingerprint density at radius 2 is 0.725 bits per heavy atom. The molecule has 8 aromatic carbocycles. The van der Waals surface area contributed by atoms with E-state index in [1.54, 1.807) is 0 Å². The molecule has 0 N–H and O–H groups in total. The molecule has 0 aliphatic carbocycles. The molecule has 0 saturated carbocycles. The SMILES string of the molecule is c1ccc(-c2ccc3ccc(-c4ccc5cc(-c6cc7ccccc7c7ccccc67)ccc5c4)cc3c2)cc1. The van der Waals surface area contributed by atoms with Gasteiger partial charge in [-0.05, 0) is 107 Å². The molecule has 0 aliphatic rings. The molecule has 0 aromatic heterocycles. The van der Waals surface area contributed by atoms with Crippen LogP contribution in [0.4, 0.5) is 0 Å². The number of hydrogen-bond acceptors (Lipinski definition) is 0. The Balaban J connectivity index is 1.21. The van der Waals surface area contributed by atoms with Crippen LogP contribution in [0.1, 0.15) is 0 Å². The van der Waals surface area contributed by atoms with Gasteiger partial charge in [-0.2, -0.15) is 0 Å². The number of fused-ring (bicyclic) bond motifs is 5. The van der Waals surface area contributed by atoms with Crippen LogP contribution in [0.3, 0.4) is 0 Å². The van der Waals surface area contributed by atoms with Crippen LogP contribution in [0.25, 0.3) is 76.5 Å². The summed E-state index contributed by atoms with van der Waals surface area (Å²) in [6.07, 6.45) is 0. The van der Waals surface area contributed by atoms with E-state index in [0.717, 1.165) is 0 Å². The van der Waals surface area contributed by atoms with Crippen molar-refractivity contribution in [2.45, 2.75) is 0 Å². The molecule has 40 heavy (non-hydrogen) atoms. The zero-order chi connectivity index (χ0) is 26.5. The fraction of sp³-hybridized carbons (Fsp3) is 0. The summed E-state index contributed by atoms with van der Waals surface area (Å²) in [4.78, 5) is 0. The Bertz CT molecular complexity index is 2200. The molecule has 0 radical (unpaired) electrons. The highest BCUT2D eigenvalue weighted by Gasteiger charge is 2.10. The summed E-state index contributed by atoms with van der Waals surface area (Å²) in [6.45, 7) is 0. The molecule has 0 bridgehead atoms. The van der Waals surface area contributed by atoms with Gasteiger partial charge in [-0.3, -0.25) is 0 Å². The van der Waals surface area contributed by atoms with Gasteiger partial charge >= 0.3 is 0 Å². The van der Waals surface area contributed by atoms with Gasteiger partial charge in [0.1, 0.15) is 0 Å². The van der Waals surface area contributed by atoms with Gasteiger partial charge in [0.2, 0.25) is 0 Å². The third kappa shape index (κ3) is 3.85. The predicted molar refractivity (Wildman–Crippen MR) is 173 cm³/mol. The van der Waals surface area contributed by atoms with Crippen LogP contribution >= 0.6 is 0 Å². The molecule has 0 saturated heterocycles. The van der Waals surface area contributed by atoms with E-state index in [1.807, 2.05) is 0 Å². The van der Waals surface area contributed by atoms with Crippen LogP contribution in [-0.2, 0) is 0 Å². The monoisotopic (exact) mass is 506 g/mol. The standard InChI is InChI=1S/C40H26/c1-2-8-27(9-3-1)29-16-14-28-15-17-33(25-36(28)24-29)30-18-19-32-23-35(21-20-31(32)22-30)40-26-34-10-4-5-11-37(34)38-12-6-7-13-39(38)40/h1-26H. The predicted octanol–water partition coefficient (Wildman–Crippen LogP) is 11.3. The van der Waals surface area contributed by atoms with Gasteiger partial charge in [-0.1, -0.05) is 127 Å². The van der Waals surface area contributed by atoms with Crippen LogP contribution in [0.5, 0.6) is 0 Å². The molecule has 0 heterocycles. The number of hydrogen-bond donors (Lipinski definition) is 0. The molecule has 8 aromatic rings. The van der Waals surface area contributed by atoms with Gasteiger partial charge in [0.15, 0.2) is 0 Å². The van der Waals surface area contributed by atoms with Crippen LogP contribution in [-0.4, -0.2) is 0 Å². The summed E-state index contributed by atoms with van der Waals surface area (Å²) < 4.78 is 0. The van der Waals surface area contributed by atoms with E-state index in [1.165, 1.54) is 76.5 Å². The van der Waals surface area contributed by atoms with Crippen molar-refractivity contribution in [1.29, 1.82) is 0 Å². The first-order chi connectivity index (χ1) is 19.8. The molecule has 0 atom stereocenters. The topological polar surface area (TPSA) is 0 Å². The average Bonchev–Trinajstić information content (AvgIpc) is 3.04. The van der Waals surface area contributed by atoms with Gasteiger partial charge in [-0.25, -0.2) is 0 Å². The molecule has 0 unspecified atom stereocenters. The average molecular weight is 507 g/mol. The second-order valence-electron chi connectivity index (χ2n) is 10.6. The minimum atomic E-state index is 1.24.